The molecule has 0 aliphatic rings. The molecule has 3 rings (SSSR count). The molecule has 0 unspecified atom stereocenters. The molecule has 0 aliphatic heterocycles. The molecule has 154 valence electrons. The fraction of sp³-hybridized carbons (Fsp3) is 0.167. The van der Waals surface area contributed by atoms with E-state index in [1.807, 2.05) is 31.2 Å². The number of benzene rings is 3. The van der Waals surface area contributed by atoms with Gasteiger partial charge in [0.25, 0.3) is 11.8 Å². The summed E-state index contributed by atoms with van der Waals surface area (Å²) < 4.78 is 10.8. The third kappa shape index (κ3) is 5.61. The summed E-state index contributed by atoms with van der Waals surface area (Å²) in [6.45, 7) is 3.65. The van der Waals surface area contributed by atoms with E-state index in [4.69, 9.17) is 9.47 Å². The van der Waals surface area contributed by atoms with Crippen molar-refractivity contribution in [1.29, 1.82) is 0 Å². The molecule has 3 aromatic carbocycles. The monoisotopic (exact) mass is 404 g/mol. The summed E-state index contributed by atoms with van der Waals surface area (Å²) in [4.78, 5) is 24.7. The lowest BCUT2D eigenvalue weighted by Gasteiger charge is -2.15. The minimum atomic E-state index is -0.709. The summed E-state index contributed by atoms with van der Waals surface area (Å²) in [6, 6.07) is 21.3. The first-order chi connectivity index (χ1) is 14.4. The lowest BCUT2D eigenvalue weighted by Crippen LogP contribution is -2.30. The molecule has 0 fully saturated rings. The number of nitrogens with one attached hydrogen (secondary N) is 2. The highest BCUT2D eigenvalue weighted by Crippen LogP contribution is 2.18. The summed E-state index contributed by atoms with van der Waals surface area (Å²) in [6.07, 6.45) is -0.709. The average Bonchev–Trinajstić information content (AvgIpc) is 2.76. The molecule has 3 aromatic rings. The Kier molecular flexibility index (Phi) is 6.70. The molecule has 0 saturated heterocycles. The normalized spacial score (nSPS) is 11.3. The van der Waals surface area contributed by atoms with Crippen LogP contribution in [0.2, 0.25) is 0 Å². The Hall–Kier alpha value is -3.80. The first kappa shape index (κ1) is 20.9. The van der Waals surface area contributed by atoms with E-state index in [-0.39, 0.29) is 11.8 Å². The molecule has 0 spiro atoms. The Bertz CT molecular complexity index is 997. The van der Waals surface area contributed by atoms with Crippen LogP contribution in [-0.4, -0.2) is 25.0 Å². The van der Waals surface area contributed by atoms with Gasteiger partial charge in [0, 0.05) is 16.9 Å². The van der Waals surface area contributed by atoms with Crippen LogP contribution < -0.4 is 20.1 Å². The Morgan fingerprint density at radius 3 is 1.90 bits per heavy atom. The van der Waals surface area contributed by atoms with Crippen LogP contribution in [-0.2, 0) is 4.79 Å². The zero-order valence-electron chi connectivity index (χ0n) is 17.1. The number of ether oxygens (including phenoxy) is 2. The Morgan fingerprint density at radius 1 is 0.767 bits per heavy atom. The molecule has 2 N–H and O–H groups in total. The van der Waals surface area contributed by atoms with E-state index < -0.39 is 6.10 Å². The molecule has 0 radical (unpaired) electrons. The van der Waals surface area contributed by atoms with Crippen molar-refractivity contribution in [1.82, 2.24) is 0 Å². The van der Waals surface area contributed by atoms with Gasteiger partial charge >= 0.3 is 0 Å². The van der Waals surface area contributed by atoms with Crippen LogP contribution in [0, 0.1) is 6.92 Å². The van der Waals surface area contributed by atoms with Gasteiger partial charge in [0.1, 0.15) is 11.5 Å². The second kappa shape index (κ2) is 9.60. The van der Waals surface area contributed by atoms with E-state index in [1.165, 1.54) is 0 Å². The minimum absolute atomic E-state index is 0.212. The second-order valence-electron chi connectivity index (χ2n) is 6.82. The SMILES string of the molecule is COc1ccc(NC(=O)[C@H](C)Oc2ccc(C(=O)Nc3ccc(C)cc3)cc2)cc1. The molecule has 0 bridgehead atoms. The molecular formula is C24H24N2O4. The maximum Gasteiger partial charge on any atom is 0.265 e. The molecule has 6 nitrogen and oxygen atoms in total. The molecular weight excluding hydrogens is 380 g/mol. The van der Waals surface area contributed by atoms with Gasteiger partial charge in [0.2, 0.25) is 0 Å². The van der Waals surface area contributed by atoms with E-state index in [9.17, 15) is 9.59 Å². The number of anilines is 2. The summed E-state index contributed by atoms with van der Waals surface area (Å²) in [5.41, 5.74) is 3.01. The number of hydrogen-bond acceptors (Lipinski definition) is 4. The van der Waals surface area contributed by atoms with Crippen LogP contribution in [0.25, 0.3) is 0 Å². The van der Waals surface area contributed by atoms with Gasteiger partial charge in [-0.3, -0.25) is 9.59 Å². The molecule has 0 aromatic heterocycles. The highest BCUT2D eigenvalue weighted by atomic mass is 16.5. The lowest BCUT2D eigenvalue weighted by atomic mass is 10.2. The smallest absolute Gasteiger partial charge is 0.265 e. The molecule has 2 amide bonds. The predicted molar refractivity (Wildman–Crippen MR) is 117 cm³/mol. The molecule has 1 atom stereocenters. The largest absolute Gasteiger partial charge is 0.497 e. The molecule has 0 aliphatic carbocycles. The highest BCUT2D eigenvalue weighted by Gasteiger charge is 2.15. The van der Waals surface area contributed by atoms with Gasteiger partial charge in [0.15, 0.2) is 6.10 Å². The van der Waals surface area contributed by atoms with E-state index in [1.54, 1.807) is 62.6 Å². The number of methoxy groups -OCH3 is 1. The summed E-state index contributed by atoms with van der Waals surface area (Å²) >= 11 is 0. The van der Waals surface area contributed by atoms with Gasteiger partial charge in [-0.1, -0.05) is 17.7 Å². The van der Waals surface area contributed by atoms with Crippen molar-refractivity contribution in [2.75, 3.05) is 17.7 Å². The summed E-state index contributed by atoms with van der Waals surface area (Å²) in [7, 11) is 1.58. The number of carbonyl (C=O) groups excluding carboxylic acids is 2. The quantitative estimate of drug-likeness (QED) is 0.600. The third-order valence-corrected chi connectivity index (χ3v) is 4.47. The predicted octanol–water partition coefficient (Wildman–Crippen LogP) is 4.66. The summed E-state index contributed by atoms with van der Waals surface area (Å²) in [5, 5.41) is 5.64. The van der Waals surface area contributed by atoms with Crippen LogP contribution in [0.1, 0.15) is 22.8 Å². The lowest BCUT2D eigenvalue weighted by molar-refractivity contribution is -0.122. The fourth-order valence-corrected chi connectivity index (χ4v) is 2.70. The van der Waals surface area contributed by atoms with Crippen molar-refractivity contribution in [3.63, 3.8) is 0 Å². The van der Waals surface area contributed by atoms with Crippen molar-refractivity contribution in [3.05, 3.63) is 83.9 Å². The zero-order valence-corrected chi connectivity index (χ0v) is 17.1. The van der Waals surface area contributed by atoms with Crippen molar-refractivity contribution < 1.29 is 19.1 Å². The first-order valence-corrected chi connectivity index (χ1v) is 9.54. The van der Waals surface area contributed by atoms with Crippen molar-refractivity contribution >= 4 is 23.2 Å². The molecule has 6 heteroatoms. The number of amides is 2. The highest BCUT2D eigenvalue weighted by molar-refractivity contribution is 6.04. The van der Waals surface area contributed by atoms with Gasteiger partial charge in [-0.25, -0.2) is 0 Å². The number of rotatable bonds is 7. The van der Waals surface area contributed by atoms with Gasteiger partial charge < -0.3 is 20.1 Å². The Balaban J connectivity index is 1.55. The maximum atomic E-state index is 12.4. The molecule has 0 saturated carbocycles. The maximum absolute atomic E-state index is 12.4. The van der Waals surface area contributed by atoms with Gasteiger partial charge in [-0.15, -0.1) is 0 Å². The standard InChI is InChI=1S/C24H24N2O4/c1-16-4-8-19(9-5-16)26-24(28)18-6-12-22(13-7-18)30-17(2)23(27)25-20-10-14-21(29-3)15-11-20/h4-15,17H,1-3H3,(H,25,27)(H,26,28)/t17-/m0/s1. The van der Waals surface area contributed by atoms with Crippen molar-refractivity contribution in [2.24, 2.45) is 0 Å². The second-order valence-corrected chi connectivity index (χ2v) is 6.82. The summed E-state index contributed by atoms with van der Waals surface area (Å²) in [5.74, 6) is 0.722. The Labute approximate surface area is 175 Å². The number of carbonyl (C=O) groups is 2. The van der Waals surface area contributed by atoms with Crippen LogP contribution >= 0.6 is 0 Å². The fourth-order valence-electron chi connectivity index (χ4n) is 2.70. The van der Waals surface area contributed by atoms with Gasteiger partial charge in [-0.2, -0.15) is 0 Å². The van der Waals surface area contributed by atoms with Crippen LogP contribution in [0.15, 0.2) is 72.8 Å². The van der Waals surface area contributed by atoms with E-state index >= 15 is 0 Å². The number of aryl methyl sites for hydroxylation is 1. The van der Waals surface area contributed by atoms with Crippen molar-refractivity contribution in [3.8, 4) is 11.5 Å². The minimum Gasteiger partial charge on any atom is -0.497 e. The topological polar surface area (TPSA) is 76.7 Å². The van der Waals surface area contributed by atoms with Crippen molar-refractivity contribution in [2.45, 2.75) is 20.0 Å². The van der Waals surface area contributed by atoms with E-state index in [2.05, 4.69) is 10.6 Å². The van der Waals surface area contributed by atoms with Gasteiger partial charge in [0.05, 0.1) is 7.11 Å². The molecule has 0 heterocycles. The van der Waals surface area contributed by atoms with Crippen LogP contribution in [0.3, 0.4) is 0 Å². The van der Waals surface area contributed by atoms with E-state index in [0.717, 1.165) is 11.3 Å². The average molecular weight is 404 g/mol. The van der Waals surface area contributed by atoms with Crippen LogP contribution in [0.4, 0.5) is 11.4 Å². The third-order valence-electron chi connectivity index (χ3n) is 4.47. The van der Waals surface area contributed by atoms with Crippen LogP contribution in [0.5, 0.6) is 11.5 Å². The Morgan fingerprint density at radius 2 is 1.30 bits per heavy atom. The number of hydrogen-bond donors (Lipinski definition) is 2. The van der Waals surface area contributed by atoms with Gasteiger partial charge in [-0.05, 0) is 74.5 Å². The van der Waals surface area contributed by atoms with E-state index in [0.29, 0.717) is 22.7 Å². The molecule has 30 heavy (non-hydrogen) atoms. The zero-order chi connectivity index (χ0) is 21.5. The first-order valence-electron chi connectivity index (χ1n) is 9.54.